The van der Waals surface area contributed by atoms with Crippen LogP contribution in [-0.2, 0) is 36.5 Å². The van der Waals surface area contributed by atoms with Crippen molar-refractivity contribution in [2.45, 2.75) is 76.4 Å². The smallest absolute Gasteiger partial charge is 0.378 e. The van der Waals surface area contributed by atoms with Crippen LogP contribution >= 0.6 is 0 Å². The molecule has 258 valence electrons. The molecule has 0 spiro atoms. The van der Waals surface area contributed by atoms with Crippen molar-refractivity contribution in [3.63, 3.8) is 0 Å². The predicted molar refractivity (Wildman–Crippen MR) is 178 cm³/mol. The number of benzene rings is 2. The molecule has 2 atom stereocenters. The van der Waals surface area contributed by atoms with Gasteiger partial charge in [-0.05, 0) is 86.1 Å². The number of hydrogen-bond donors (Lipinski definition) is 2. The SMILES string of the molecule is C=CC(=O)N[C@H]1C[C@@H](C#CC(C)(C)O)CN(Cc2cc3c(c(C(F)(F)F)c2)CN(c2cccc(C4(c5nncn5C)CC(C)C4)c2)C3=O)C1. The fourth-order valence-electron chi connectivity index (χ4n) is 7.71. The molecule has 1 saturated heterocycles. The van der Waals surface area contributed by atoms with Crippen LogP contribution in [0, 0.1) is 23.7 Å². The predicted octanol–water partition coefficient (Wildman–Crippen LogP) is 4.98. The van der Waals surface area contributed by atoms with Gasteiger partial charge in [0.1, 0.15) is 17.8 Å². The first-order valence-electron chi connectivity index (χ1n) is 16.5. The molecule has 2 amide bonds. The molecule has 2 aliphatic heterocycles. The maximum atomic E-state index is 14.6. The quantitative estimate of drug-likeness (QED) is 0.271. The van der Waals surface area contributed by atoms with Crippen molar-refractivity contribution in [2.75, 3.05) is 18.0 Å². The summed E-state index contributed by atoms with van der Waals surface area (Å²) >= 11 is 0. The molecule has 2 N–H and O–H groups in total. The lowest BCUT2D eigenvalue weighted by molar-refractivity contribution is -0.138. The summed E-state index contributed by atoms with van der Waals surface area (Å²) in [5.74, 6) is 6.08. The van der Waals surface area contributed by atoms with Crippen LogP contribution in [0.1, 0.15) is 78.5 Å². The zero-order chi connectivity index (χ0) is 35.3. The molecule has 3 heterocycles. The molecule has 3 aromatic rings. The first-order chi connectivity index (χ1) is 23.1. The van der Waals surface area contributed by atoms with Gasteiger partial charge < -0.3 is 19.9 Å². The van der Waals surface area contributed by atoms with E-state index in [9.17, 15) is 27.9 Å². The van der Waals surface area contributed by atoms with Crippen molar-refractivity contribution < 1.29 is 27.9 Å². The number of rotatable bonds is 7. The van der Waals surface area contributed by atoms with E-state index in [-0.39, 0.29) is 42.1 Å². The Labute approximate surface area is 284 Å². The number of nitrogens with zero attached hydrogens (tertiary/aromatic N) is 5. The van der Waals surface area contributed by atoms with E-state index in [0.717, 1.165) is 30.3 Å². The van der Waals surface area contributed by atoms with E-state index >= 15 is 0 Å². The van der Waals surface area contributed by atoms with Crippen LogP contribution in [0.15, 0.2) is 55.4 Å². The lowest BCUT2D eigenvalue weighted by Crippen LogP contribution is -2.50. The monoisotopic (exact) mass is 674 g/mol. The summed E-state index contributed by atoms with van der Waals surface area (Å²) in [6.07, 6.45) is 0.349. The zero-order valence-corrected chi connectivity index (χ0v) is 28.1. The highest BCUT2D eigenvalue weighted by Crippen LogP contribution is 2.52. The van der Waals surface area contributed by atoms with Crippen LogP contribution in [0.2, 0.25) is 0 Å². The number of amides is 2. The van der Waals surface area contributed by atoms with E-state index < -0.39 is 28.7 Å². The summed E-state index contributed by atoms with van der Waals surface area (Å²) in [4.78, 5) is 29.4. The molecule has 1 aliphatic carbocycles. The van der Waals surface area contributed by atoms with Gasteiger partial charge in [-0.2, -0.15) is 13.2 Å². The molecule has 0 radical (unpaired) electrons. The normalized spacial score (nSPS) is 24.1. The molecule has 0 unspecified atom stereocenters. The summed E-state index contributed by atoms with van der Waals surface area (Å²) < 4.78 is 45.8. The number of hydrogen-bond acceptors (Lipinski definition) is 6. The number of halogens is 3. The number of likely N-dealkylation sites (tertiary alicyclic amines) is 1. The Morgan fingerprint density at radius 3 is 2.59 bits per heavy atom. The molecule has 9 nitrogen and oxygen atoms in total. The van der Waals surface area contributed by atoms with Crippen LogP contribution in [0.4, 0.5) is 18.9 Å². The molecule has 1 aromatic heterocycles. The second kappa shape index (κ2) is 12.8. The van der Waals surface area contributed by atoms with E-state index in [0.29, 0.717) is 36.7 Å². The number of aliphatic hydroxyl groups is 1. The minimum Gasteiger partial charge on any atom is -0.378 e. The summed E-state index contributed by atoms with van der Waals surface area (Å²) in [6.45, 7) is 9.52. The maximum Gasteiger partial charge on any atom is 0.416 e. The van der Waals surface area contributed by atoms with Gasteiger partial charge in [-0.15, -0.1) is 10.2 Å². The topological polar surface area (TPSA) is 104 Å². The van der Waals surface area contributed by atoms with Gasteiger partial charge in [-0.25, -0.2) is 0 Å². The number of anilines is 1. The van der Waals surface area contributed by atoms with Gasteiger partial charge in [0.05, 0.1) is 17.5 Å². The summed E-state index contributed by atoms with van der Waals surface area (Å²) in [5.41, 5.74) is -0.649. The van der Waals surface area contributed by atoms with Gasteiger partial charge in [-0.1, -0.05) is 37.5 Å². The summed E-state index contributed by atoms with van der Waals surface area (Å²) in [7, 11) is 1.89. The number of nitrogens with one attached hydrogen (secondary N) is 1. The highest BCUT2D eigenvalue weighted by Gasteiger charge is 2.48. The van der Waals surface area contributed by atoms with Crippen molar-refractivity contribution >= 4 is 17.5 Å². The Morgan fingerprint density at radius 2 is 1.96 bits per heavy atom. The van der Waals surface area contributed by atoms with Gasteiger partial charge in [-0.3, -0.25) is 14.5 Å². The Hall–Kier alpha value is -4.47. The van der Waals surface area contributed by atoms with Crippen molar-refractivity contribution in [3.05, 3.63) is 89.0 Å². The molecule has 6 rings (SSSR count). The summed E-state index contributed by atoms with van der Waals surface area (Å²) in [5, 5.41) is 21.5. The average Bonchev–Trinajstić information content (AvgIpc) is 3.59. The third-order valence-corrected chi connectivity index (χ3v) is 9.70. The number of fused-ring (bicyclic) bond motifs is 1. The number of carbonyl (C=O) groups is 2. The van der Waals surface area contributed by atoms with Gasteiger partial charge in [0.15, 0.2) is 0 Å². The fourth-order valence-corrected chi connectivity index (χ4v) is 7.71. The molecule has 12 heteroatoms. The van der Waals surface area contributed by atoms with Gasteiger partial charge in [0, 0.05) is 49.9 Å². The van der Waals surface area contributed by atoms with E-state index in [1.54, 1.807) is 32.3 Å². The highest BCUT2D eigenvalue weighted by atomic mass is 19.4. The van der Waals surface area contributed by atoms with Crippen molar-refractivity contribution in [3.8, 4) is 11.8 Å². The van der Waals surface area contributed by atoms with Gasteiger partial charge in [0.2, 0.25) is 5.91 Å². The number of piperidine rings is 1. The minimum absolute atomic E-state index is 0.0300. The molecule has 1 saturated carbocycles. The van der Waals surface area contributed by atoms with E-state index in [2.05, 4.69) is 40.9 Å². The average molecular weight is 675 g/mol. The van der Waals surface area contributed by atoms with Gasteiger partial charge in [0.25, 0.3) is 5.91 Å². The molecular formula is C37H41F3N6O3. The second-order valence-electron chi connectivity index (χ2n) is 14.3. The van der Waals surface area contributed by atoms with Crippen LogP contribution < -0.4 is 10.2 Å². The first kappa shape index (κ1) is 34.4. The van der Waals surface area contributed by atoms with E-state index in [4.69, 9.17) is 0 Å². The Balaban J connectivity index is 1.30. The highest BCUT2D eigenvalue weighted by molar-refractivity contribution is 6.10. The van der Waals surface area contributed by atoms with Crippen LogP contribution in [0.25, 0.3) is 0 Å². The molecular weight excluding hydrogens is 633 g/mol. The Bertz CT molecular complexity index is 1840. The third kappa shape index (κ3) is 7.00. The lowest BCUT2D eigenvalue weighted by Gasteiger charge is -2.46. The Morgan fingerprint density at radius 1 is 1.20 bits per heavy atom. The molecule has 0 bridgehead atoms. The van der Waals surface area contributed by atoms with Crippen molar-refractivity contribution in [1.29, 1.82) is 0 Å². The second-order valence-corrected chi connectivity index (χ2v) is 14.3. The number of aryl methyl sites for hydroxylation is 1. The van der Waals surface area contributed by atoms with Gasteiger partial charge >= 0.3 is 6.18 Å². The maximum absolute atomic E-state index is 14.6. The van der Waals surface area contributed by atoms with Crippen LogP contribution in [0.5, 0.6) is 0 Å². The largest absolute Gasteiger partial charge is 0.416 e. The van der Waals surface area contributed by atoms with Crippen molar-refractivity contribution in [2.24, 2.45) is 18.9 Å². The van der Waals surface area contributed by atoms with Crippen LogP contribution in [0.3, 0.4) is 0 Å². The standard InChI is InChI=1S/C37H41F3N6O3/c1-6-32(47)42-27-12-24(10-11-35(3,4)49)18-45(20-27)19-25-13-29-30(31(14-25)37(38,39)40)21-46(33(29)48)28-9-7-8-26(15-28)36(16-23(2)17-36)34-43-41-22-44(34)5/h6-9,13-15,22-24,27,49H,1,12,16-21H2,2-5H3,(H,42,47)/t23?,24-,27+,36?/m1/s1. The molecule has 2 aromatic carbocycles. The lowest BCUT2D eigenvalue weighted by atomic mass is 9.58. The Kier molecular flexibility index (Phi) is 8.96. The number of carbonyl (C=O) groups excluding carboxylic acids is 2. The first-order valence-corrected chi connectivity index (χ1v) is 16.5. The molecule has 49 heavy (non-hydrogen) atoms. The van der Waals surface area contributed by atoms with Crippen LogP contribution in [-0.4, -0.2) is 61.3 Å². The number of alkyl halides is 3. The zero-order valence-electron chi connectivity index (χ0n) is 28.1. The van der Waals surface area contributed by atoms with E-state index in [1.807, 2.05) is 34.7 Å². The minimum atomic E-state index is -4.68. The third-order valence-electron chi connectivity index (χ3n) is 9.70. The fraction of sp³-hybridized carbons (Fsp3) is 0.459. The molecule has 2 fully saturated rings. The van der Waals surface area contributed by atoms with Crippen molar-refractivity contribution in [1.82, 2.24) is 25.0 Å². The number of aromatic nitrogens is 3. The molecule has 3 aliphatic rings. The summed E-state index contributed by atoms with van der Waals surface area (Å²) in [6, 6.07) is 9.85. The van der Waals surface area contributed by atoms with E-state index in [1.165, 1.54) is 11.0 Å².